The van der Waals surface area contributed by atoms with Crippen LogP contribution in [-0.2, 0) is 0 Å². The minimum atomic E-state index is -0.474. The van der Waals surface area contributed by atoms with Gasteiger partial charge in [-0.25, -0.2) is 14.6 Å². The van der Waals surface area contributed by atoms with E-state index in [9.17, 15) is 9.59 Å². The van der Waals surface area contributed by atoms with Gasteiger partial charge in [-0.05, 0) is 36.4 Å². The number of nitrogens with zero attached hydrogens (tertiary/aromatic N) is 1. The van der Waals surface area contributed by atoms with Crippen molar-refractivity contribution in [3.63, 3.8) is 0 Å². The van der Waals surface area contributed by atoms with Crippen LogP contribution in [0.25, 0.3) is 21.2 Å². The van der Waals surface area contributed by atoms with E-state index in [1.165, 1.54) is 23.5 Å². The zero-order valence-electron chi connectivity index (χ0n) is 11.7. The topological polar surface area (TPSA) is 69.4 Å². The maximum absolute atomic E-state index is 12.3. The zero-order valence-corrected chi connectivity index (χ0v) is 12.5. The van der Waals surface area contributed by atoms with Crippen LogP contribution in [0.3, 0.4) is 0 Å². The Bertz CT molecular complexity index is 1100. The van der Waals surface area contributed by atoms with Gasteiger partial charge in [0.05, 0.1) is 21.3 Å². The molecule has 6 heteroatoms. The predicted octanol–water partition coefficient (Wildman–Crippen LogP) is 3.62. The van der Waals surface area contributed by atoms with Crippen LogP contribution in [0.5, 0.6) is 5.75 Å². The van der Waals surface area contributed by atoms with Gasteiger partial charge >= 0.3 is 11.6 Å². The van der Waals surface area contributed by atoms with Crippen molar-refractivity contribution in [3.8, 4) is 5.75 Å². The fourth-order valence-corrected chi connectivity index (χ4v) is 2.97. The van der Waals surface area contributed by atoms with Gasteiger partial charge in [0.15, 0.2) is 0 Å². The smallest absolute Gasteiger partial charge is 0.343 e. The van der Waals surface area contributed by atoms with Crippen LogP contribution < -0.4 is 10.4 Å². The van der Waals surface area contributed by atoms with Gasteiger partial charge in [-0.2, -0.15) is 0 Å². The molecule has 0 saturated carbocycles. The van der Waals surface area contributed by atoms with Gasteiger partial charge in [-0.1, -0.05) is 0 Å². The third-order valence-electron chi connectivity index (χ3n) is 3.37. The average molecular weight is 323 g/mol. The molecule has 0 atom stereocenters. The highest BCUT2D eigenvalue weighted by Gasteiger charge is 2.11. The summed E-state index contributed by atoms with van der Waals surface area (Å²) in [5, 5.41) is 0.760. The summed E-state index contributed by atoms with van der Waals surface area (Å²) in [6.45, 7) is 0. The second kappa shape index (κ2) is 5.33. The normalized spacial score (nSPS) is 11.0. The van der Waals surface area contributed by atoms with Crippen molar-refractivity contribution >= 4 is 38.5 Å². The van der Waals surface area contributed by atoms with Crippen molar-refractivity contribution in [2.75, 3.05) is 0 Å². The monoisotopic (exact) mass is 323 g/mol. The van der Waals surface area contributed by atoms with E-state index >= 15 is 0 Å². The molecule has 0 unspecified atom stereocenters. The van der Waals surface area contributed by atoms with Gasteiger partial charge in [0.1, 0.15) is 11.3 Å². The van der Waals surface area contributed by atoms with Crippen molar-refractivity contribution in [3.05, 3.63) is 70.0 Å². The van der Waals surface area contributed by atoms with Crippen LogP contribution in [0.2, 0.25) is 0 Å². The molecule has 23 heavy (non-hydrogen) atoms. The Morgan fingerprint density at radius 2 is 1.96 bits per heavy atom. The fraction of sp³-hybridized carbons (Fsp3) is 0. The number of hydrogen-bond acceptors (Lipinski definition) is 6. The number of benzene rings is 2. The van der Waals surface area contributed by atoms with E-state index in [0.29, 0.717) is 16.9 Å². The first kappa shape index (κ1) is 13.7. The largest absolute Gasteiger partial charge is 0.423 e. The van der Waals surface area contributed by atoms with Gasteiger partial charge in [0.25, 0.3) is 0 Å². The molecule has 0 spiro atoms. The molecule has 112 valence electrons. The molecule has 0 fully saturated rings. The van der Waals surface area contributed by atoms with E-state index in [2.05, 4.69) is 4.98 Å². The Kier molecular flexibility index (Phi) is 3.17. The minimum Gasteiger partial charge on any atom is -0.423 e. The standard InChI is InChI=1S/C17H9NO4S/c19-16-6-3-10-1-4-12(8-14(10)22-16)21-17(20)11-2-5-13-15(7-11)23-9-18-13/h1-9H. The zero-order chi connectivity index (χ0) is 15.8. The number of carbonyl (C=O) groups excluding carboxylic acids is 1. The summed E-state index contributed by atoms with van der Waals surface area (Å²) < 4.78 is 11.4. The average Bonchev–Trinajstić information content (AvgIpc) is 3.02. The molecule has 2 aromatic carbocycles. The first-order valence-electron chi connectivity index (χ1n) is 6.78. The highest BCUT2D eigenvalue weighted by Crippen LogP contribution is 2.22. The lowest BCUT2D eigenvalue weighted by atomic mass is 10.2. The van der Waals surface area contributed by atoms with E-state index in [1.54, 1.807) is 41.9 Å². The number of ether oxygens (including phenoxy) is 1. The summed E-state index contributed by atoms with van der Waals surface area (Å²) in [5.74, 6) is -0.154. The fourth-order valence-electron chi connectivity index (χ4n) is 2.25. The molecule has 0 bridgehead atoms. The minimum absolute atomic E-state index is 0.321. The Balaban J connectivity index is 1.66. The van der Waals surface area contributed by atoms with Crippen LogP contribution in [0.4, 0.5) is 0 Å². The van der Waals surface area contributed by atoms with Crippen LogP contribution in [0.15, 0.2) is 63.3 Å². The van der Waals surface area contributed by atoms with E-state index in [4.69, 9.17) is 9.15 Å². The number of aromatic nitrogens is 1. The van der Waals surface area contributed by atoms with Crippen LogP contribution in [-0.4, -0.2) is 11.0 Å². The first-order valence-corrected chi connectivity index (χ1v) is 7.66. The van der Waals surface area contributed by atoms with E-state index in [0.717, 1.165) is 15.6 Å². The summed E-state index contributed by atoms with van der Waals surface area (Å²) in [4.78, 5) is 27.7. The van der Waals surface area contributed by atoms with Crippen molar-refractivity contribution in [2.45, 2.75) is 0 Å². The number of thiazole rings is 1. The highest BCUT2D eigenvalue weighted by atomic mass is 32.1. The third-order valence-corrected chi connectivity index (χ3v) is 4.16. The molecule has 0 N–H and O–H groups in total. The molecule has 2 aromatic heterocycles. The van der Waals surface area contributed by atoms with Crippen molar-refractivity contribution in [1.82, 2.24) is 4.98 Å². The predicted molar refractivity (Wildman–Crippen MR) is 87.1 cm³/mol. The van der Waals surface area contributed by atoms with Crippen molar-refractivity contribution < 1.29 is 13.9 Å². The second-order valence-corrected chi connectivity index (χ2v) is 5.76. The lowest BCUT2D eigenvalue weighted by Crippen LogP contribution is -2.08. The quantitative estimate of drug-likeness (QED) is 0.320. The summed E-state index contributed by atoms with van der Waals surface area (Å²) in [7, 11) is 0. The van der Waals surface area contributed by atoms with E-state index < -0.39 is 11.6 Å². The molecule has 4 aromatic rings. The maximum atomic E-state index is 12.3. The first-order chi connectivity index (χ1) is 11.2. The lowest BCUT2D eigenvalue weighted by Gasteiger charge is -2.05. The Morgan fingerprint density at radius 1 is 1.09 bits per heavy atom. The number of esters is 1. The molecule has 0 saturated heterocycles. The van der Waals surface area contributed by atoms with Gasteiger partial charge in [0.2, 0.25) is 0 Å². The molecule has 2 heterocycles. The molecule has 0 aliphatic carbocycles. The van der Waals surface area contributed by atoms with Crippen LogP contribution in [0, 0.1) is 0 Å². The molecule has 0 aliphatic heterocycles. The van der Waals surface area contributed by atoms with E-state index in [1.807, 2.05) is 0 Å². The molecular weight excluding hydrogens is 314 g/mol. The molecule has 4 rings (SSSR count). The van der Waals surface area contributed by atoms with E-state index in [-0.39, 0.29) is 0 Å². The highest BCUT2D eigenvalue weighted by molar-refractivity contribution is 7.16. The van der Waals surface area contributed by atoms with Crippen LogP contribution >= 0.6 is 11.3 Å². The molecule has 0 amide bonds. The maximum Gasteiger partial charge on any atom is 0.343 e. The number of fused-ring (bicyclic) bond motifs is 2. The second-order valence-electron chi connectivity index (χ2n) is 4.88. The third kappa shape index (κ3) is 2.60. The number of carbonyl (C=O) groups is 1. The molecule has 0 aliphatic rings. The summed E-state index contributed by atoms with van der Waals surface area (Å²) in [6, 6.07) is 13.1. The summed E-state index contributed by atoms with van der Waals surface area (Å²) >= 11 is 1.46. The lowest BCUT2D eigenvalue weighted by molar-refractivity contribution is 0.0735. The van der Waals surface area contributed by atoms with Gasteiger partial charge in [-0.3, -0.25) is 0 Å². The number of rotatable bonds is 2. The van der Waals surface area contributed by atoms with Crippen molar-refractivity contribution in [2.24, 2.45) is 0 Å². The Hall–Kier alpha value is -2.99. The SMILES string of the molecule is O=C(Oc1ccc2ccc(=O)oc2c1)c1ccc2ncsc2c1. The number of hydrogen-bond donors (Lipinski definition) is 0. The molecule has 5 nitrogen and oxygen atoms in total. The van der Waals surface area contributed by atoms with Crippen molar-refractivity contribution in [1.29, 1.82) is 0 Å². The Morgan fingerprint density at radius 3 is 2.87 bits per heavy atom. The van der Waals surface area contributed by atoms with Gasteiger partial charge in [0, 0.05) is 17.5 Å². The van der Waals surface area contributed by atoms with Gasteiger partial charge in [-0.15, -0.1) is 11.3 Å². The summed E-state index contributed by atoms with van der Waals surface area (Å²) in [5.41, 5.74) is 2.94. The van der Waals surface area contributed by atoms with Crippen LogP contribution in [0.1, 0.15) is 10.4 Å². The van der Waals surface area contributed by atoms with Gasteiger partial charge < -0.3 is 9.15 Å². The molecule has 0 radical (unpaired) electrons. The molecular formula is C17H9NO4S. The Labute approximate surface area is 133 Å². The summed E-state index contributed by atoms with van der Waals surface area (Å²) in [6.07, 6.45) is 0.